The molecule has 0 radical (unpaired) electrons. The predicted molar refractivity (Wildman–Crippen MR) is 62.9 cm³/mol. The van der Waals surface area contributed by atoms with E-state index in [4.69, 9.17) is 16.0 Å². The van der Waals surface area contributed by atoms with E-state index in [1.54, 1.807) is 18.6 Å². The second-order valence-electron chi connectivity index (χ2n) is 3.74. The minimum Gasteiger partial charge on any atom is -0.440 e. The molecule has 2 heterocycles. The molecule has 0 aliphatic carbocycles. The molecule has 0 bridgehead atoms. The van der Waals surface area contributed by atoms with E-state index in [9.17, 15) is 4.79 Å². The number of amides is 1. The van der Waals surface area contributed by atoms with E-state index >= 15 is 0 Å². The van der Waals surface area contributed by atoms with Crippen LogP contribution in [-0.2, 0) is 6.54 Å². The Morgan fingerprint density at radius 3 is 3.06 bits per heavy atom. The van der Waals surface area contributed by atoms with E-state index in [0.717, 1.165) is 0 Å². The molecule has 17 heavy (non-hydrogen) atoms. The maximum absolute atomic E-state index is 11.7. The molecule has 2 aromatic rings. The monoisotopic (exact) mass is 253 g/mol. The lowest BCUT2D eigenvalue weighted by Gasteiger charge is -2.13. The Labute approximate surface area is 103 Å². The van der Waals surface area contributed by atoms with Crippen molar-refractivity contribution in [3.05, 3.63) is 41.8 Å². The molecule has 0 saturated carbocycles. The van der Waals surface area contributed by atoms with Gasteiger partial charge in [-0.15, -0.1) is 0 Å². The first-order valence-corrected chi connectivity index (χ1v) is 5.55. The van der Waals surface area contributed by atoms with Crippen LogP contribution < -0.4 is 5.32 Å². The number of nitrogens with one attached hydrogen (secondary N) is 1. The van der Waals surface area contributed by atoms with Gasteiger partial charge in [-0.25, -0.2) is 4.98 Å². The first-order valence-electron chi connectivity index (χ1n) is 5.17. The van der Waals surface area contributed by atoms with Crippen molar-refractivity contribution in [2.24, 2.45) is 0 Å². The van der Waals surface area contributed by atoms with E-state index in [0.29, 0.717) is 6.54 Å². The van der Waals surface area contributed by atoms with Gasteiger partial charge in [0.2, 0.25) is 0 Å². The average Bonchev–Trinajstić information content (AvgIpc) is 2.89. The van der Waals surface area contributed by atoms with Crippen molar-refractivity contribution in [2.75, 3.05) is 0 Å². The van der Waals surface area contributed by atoms with E-state index < -0.39 is 0 Å². The second kappa shape index (κ2) is 5.05. The molecule has 0 aliphatic heterocycles. The van der Waals surface area contributed by atoms with Crippen LogP contribution in [0.25, 0.3) is 0 Å². The molecule has 1 N–H and O–H groups in total. The normalized spacial score (nSPS) is 12.4. The fourth-order valence-electron chi connectivity index (χ4n) is 1.49. The molecule has 2 rings (SSSR count). The number of hydrogen-bond acceptors (Lipinski definition) is 3. The zero-order valence-electron chi connectivity index (χ0n) is 9.26. The van der Waals surface area contributed by atoms with Crippen LogP contribution in [0.2, 0.25) is 5.22 Å². The van der Waals surface area contributed by atoms with Gasteiger partial charge in [-0.05, 0) is 30.7 Å². The molecule has 1 amide bonds. The third-order valence-corrected chi connectivity index (χ3v) is 2.42. The summed E-state index contributed by atoms with van der Waals surface area (Å²) in [5.41, 5.74) is 0. The minimum absolute atomic E-state index is 0.0272. The second-order valence-corrected chi connectivity index (χ2v) is 4.11. The van der Waals surface area contributed by atoms with Crippen LogP contribution in [0.1, 0.15) is 17.5 Å². The zero-order valence-corrected chi connectivity index (χ0v) is 10.0. The summed E-state index contributed by atoms with van der Waals surface area (Å²) in [5, 5.41) is 3.01. The number of hydrogen-bond donors (Lipinski definition) is 1. The highest BCUT2D eigenvalue weighted by Gasteiger charge is 2.13. The number of nitrogens with zero attached hydrogens (tertiary/aromatic N) is 2. The van der Waals surface area contributed by atoms with Crippen LogP contribution in [0.5, 0.6) is 0 Å². The Bertz CT molecular complexity index is 493. The van der Waals surface area contributed by atoms with E-state index in [-0.39, 0.29) is 22.9 Å². The summed E-state index contributed by atoms with van der Waals surface area (Å²) in [5.74, 6) is -0.0583. The number of furan rings is 1. The lowest BCUT2D eigenvalue weighted by molar-refractivity contribution is 0.0909. The molecule has 0 fully saturated rings. The van der Waals surface area contributed by atoms with Crippen molar-refractivity contribution in [1.82, 2.24) is 14.9 Å². The van der Waals surface area contributed by atoms with Gasteiger partial charge in [0.25, 0.3) is 5.91 Å². The Balaban J connectivity index is 1.90. The van der Waals surface area contributed by atoms with Crippen molar-refractivity contribution in [3.8, 4) is 0 Å². The molecule has 0 aromatic carbocycles. The fourth-order valence-corrected chi connectivity index (χ4v) is 1.63. The third-order valence-electron chi connectivity index (χ3n) is 2.22. The molecule has 6 heteroatoms. The Morgan fingerprint density at radius 1 is 1.65 bits per heavy atom. The van der Waals surface area contributed by atoms with Gasteiger partial charge in [-0.1, -0.05) is 0 Å². The number of aromatic nitrogens is 2. The van der Waals surface area contributed by atoms with Crippen LogP contribution in [0.15, 0.2) is 35.3 Å². The Hall–Kier alpha value is -1.75. The lowest BCUT2D eigenvalue weighted by atomic mass is 10.3. The predicted octanol–water partition coefficient (Wildman–Crippen LogP) is 1.95. The molecule has 1 atom stereocenters. The van der Waals surface area contributed by atoms with Crippen LogP contribution in [0.3, 0.4) is 0 Å². The van der Waals surface area contributed by atoms with Crippen molar-refractivity contribution < 1.29 is 9.21 Å². The third kappa shape index (κ3) is 3.10. The molecule has 0 saturated heterocycles. The average molecular weight is 254 g/mol. The van der Waals surface area contributed by atoms with Crippen LogP contribution in [0, 0.1) is 0 Å². The summed E-state index contributed by atoms with van der Waals surface area (Å²) >= 11 is 5.60. The van der Waals surface area contributed by atoms with Crippen LogP contribution >= 0.6 is 11.6 Å². The molecule has 0 spiro atoms. The van der Waals surface area contributed by atoms with E-state index in [1.165, 1.54) is 6.07 Å². The minimum atomic E-state index is -0.274. The topological polar surface area (TPSA) is 60.1 Å². The van der Waals surface area contributed by atoms with Crippen LogP contribution in [-0.4, -0.2) is 21.5 Å². The maximum Gasteiger partial charge on any atom is 0.287 e. The fraction of sp³-hybridized carbons (Fsp3) is 0.273. The SMILES string of the molecule is CC(Cn1ccnc1)NC(=O)c1ccc(Cl)o1. The van der Waals surface area contributed by atoms with E-state index in [2.05, 4.69) is 10.3 Å². The number of imidazole rings is 1. The van der Waals surface area contributed by atoms with Crippen molar-refractivity contribution in [2.45, 2.75) is 19.5 Å². The molecule has 5 nitrogen and oxygen atoms in total. The number of carbonyl (C=O) groups excluding carboxylic acids is 1. The zero-order chi connectivity index (χ0) is 12.3. The number of rotatable bonds is 4. The smallest absolute Gasteiger partial charge is 0.287 e. The molecule has 1 unspecified atom stereocenters. The molecule has 90 valence electrons. The molecular weight excluding hydrogens is 242 g/mol. The van der Waals surface area contributed by atoms with Gasteiger partial charge < -0.3 is 14.3 Å². The first kappa shape index (κ1) is 11.7. The number of carbonyl (C=O) groups is 1. The highest BCUT2D eigenvalue weighted by atomic mass is 35.5. The first-order chi connectivity index (χ1) is 8.15. The standard InChI is InChI=1S/C11H12ClN3O2/c1-8(6-15-5-4-13-7-15)14-11(16)9-2-3-10(12)17-9/h2-5,7-8H,6H2,1H3,(H,14,16). The van der Waals surface area contributed by atoms with Crippen molar-refractivity contribution >= 4 is 17.5 Å². The van der Waals surface area contributed by atoms with Crippen molar-refractivity contribution in [1.29, 1.82) is 0 Å². The van der Waals surface area contributed by atoms with Gasteiger partial charge in [0.05, 0.1) is 6.33 Å². The summed E-state index contributed by atoms with van der Waals surface area (Å²) < 4.78 is 6.90. The molecular formula is C11H12ClN3O2. The lowest BCUT2D eigenvalue weighted by Crippen LogP contribution is -2.35. The van der Waals surface area contributed by atoms with Gasteiger partial charge in [0.15, 0.2) is 11.0 Å². The summed E-state index contributed by atoms with van der Waals surface area (Å²) in [6.07, 6.45) is 5.24. The molecule has 0 aliphatic rings. The van der Waals surface area contributed by atoms with Gasteiger partial charge >= 0.3 is 0 Å². The number of halogens is 1. The summed E-state index contributed by atoms with van der Waals surface area (Å²) in [4.78, 5) is 15.6. The summed E-state index contributed by atoms with van der Waals surface area (Å²) in [6, 6.07) is 3.05. The van der Waals surface area contributed by atoms with E-state index in [1.807, 2.05) is 17.7 Å². The Kier molecular flexibility index (Phi) is 3.49. The van der Waals surface area contributed by atoms with Gasteiger partial charge in [0, 0.05) is 25.0 Å². The van der Waals surface area contributed by atoms with Gasteiger partial charge in [-0.2, -0.15) is 0 Å². The maximum atomic E-state index is 11.7. The van der Waals surface area contributed by atoms with Crippen molar-refractivity contribution in [3.63, 3.8) is 0 Å². The summed E-state index contributed by atoms with van der Waals surface area (Å²) in [6.45, 7) is 2.56. The van der Waals surface area contributed by atoms with Crippen LogP contribution in [0.4, 0.5) is 0 Å². The quantitative estimate of drug-likeness (QED) is 0.906. The molecule has 2 aromatic heterocycles. The summed E-state index contributed by atoms with van der Waals surface area (Å²) in [7, 11) is 0. The largest absolute Gasteiger partial charge is 0.440 e. The highest BCUT2D eigenvalue weighted by Crippen LogP contribution is 2.12. The van der Waals surface area contributed by atoms with Gasteiger partial charge in [0.1, 0.15) is 0 Å². The Morgan fingerprint density at radius 2 is 2.47 bits per heavy atom. The van der Waals surface area contributed by atoms with Gasteiger partial charge in [-0.3, -0.25) is 4.79 Å². The highest BCUT2D eigenvalue weighted by molar-refractivity contribution is 6.29.